The molecular weight excluding hydrogens is 300 g/mol. The number of hydrogen-bond acceptors (Lipinski definition) is 7. The van der Waals surface area contributed by atoms with E-state index in [0.29, 0.717) is 0 Å². The number of carboxylic acid groups (broad SMARTS) is 2. The van der Waals surface area contributed by atoms with E-state index in [9.17, 15) is 19.2 Å². The first kappa shape index (κ1) is 21.6. The van der Waals surface area contributed by atoms with Crippen molar-refractivity contribution in [3.8, 4) is 0 Å². The second kappa shape index (κ2) is 12.1. The molecule has 10 nitrogen and oxygen atoms in total. The van der Waals surface area contributed by atoms with Crippen molar-refractivity contribution in [2.75, 3.05) is 13.2 Å². The van der Waals surface area contributed by atoms with Gasteiger partial charge in [0.25, 0.3) is 0 Å². The van der Waals surface area contributed by atoms with Crippen molar-refractivity contribution in [1.29, 1.82) is 0 Å². The molecule has 22 heavy (non-hydrogen) atoms. The minimum absolute atomic E-state index is 0.333. The van der Waals surface area contributed by atoms with Crippen LogP contribution in [0.4, 0.5) is 0 Å². The molecule has 0 unspecified atom stereocenters. The molecule has 0 aromatic rings. The molecule has 1 amide bonds. The van der Waals surface area contributed by atoms with Crippen LogP contribution in [0.1, 0.15) is 0 Å². The smallest absolute Gasteiger partial charge is 0.330 e. The number of aliphatic hydroxyl groups is 1. The van der Waals surface area contributed by atoms with Crippen LogP contribution in [0, 0.1) is 0 Å². The van der Waals surface area contributed by atoms with Gasteiger partial charge in [-0.15, -0.1) is 0 Å². The van der Waals surface area contributed by atoms with Gasteiger partial charge in [-0.2, -0.15) is 0 Å². The van der Waals surface area contributed by atoms with E-state index in [-0.39, 0.29) is 6.61 Å². The molecule has 6 N–H and O–H groups in total. The van der Waals surface area contributed by atoms with Crippen molar-refractivity contribution >= 4 is 23.8 Å². The van der Waals surface area contributed by atoms with Gasteiger partial charge in [0.05, 0.1) is 6.61 Å². The average molecular weight is 318 g/mol. The maximum absolute atomic E-state index is 10.5. The number of ether oxygens (including phenoxy) is 1. The summed E-state index contributed by atoms with van der Waals surface area (Å²) in [6, 6.07) is -2.42. The predicted octanol–water partition coefficient (Wildman–Crippen LogP) is -2.14. The van der Waals surface area contributed by atoms with E-state index < -0.39 is 42.5 Å². The zero-order chi connectivity index (χ0) is 17.7. The number of carboxylic acids is 2. The number of carbonyl (C=O) groups is 4. The first-order valence-corrected chi connectivity index (χ1v) is 5.73. The van der Waals surface area contributed by atoms with Crippen LogP contribution >= 0.6 is 0 Å². The van der Waals surface area contributed by atoms with Crippen LogP contribution in [0.2, 0.25) is 0 Å². The zero-order valence-corrected chi connectivity index (χ0v) is 11.6. The van der Waals surface area contributed by atoms with Crippen molar-refractivity contribution < 1.29 is 39.2 Å². The number of aliphatic carboxylic acids is 2. The summed E-state index contributed by atoms with van der Waals surface area (Å²) < 4.78 is 4.35. The summed E-state index contributed by atoms with van der Waals surface area (Å²) in [4.78, 5) is 41.1. The highest BCUT2D eigenvalue weighted by molar-refractivity contribution is 5.90. The third kappa shape index (κ3) is 11.1. The molecule has 0 aromatic carbocycles. The number of nitrogens with two attached hydrogens (primary N) is 1. The molecule has 0 bridgehead atoms. The van der Waals surface area contributed by atoms with Crippen LogP contribution < -0.4 is 11.1 Å². The number of hydrogen-bond donors (Lipinski definition) is 5. The Hall–Kier alpha value is -2.72. The van der Waals surface area contributed by atoms with E-state index in [1.54, 1.807) is 0 Å². The first-order chi connectivity index (χ1) is 10.2. The Morgan fingerprint density at radius 2 is 1.68 bits per heavy atom. The summed E-state index contributed by atoms with van der Waals surface area (Å²) in [5.74, 6) is -3.78. The number of amides is 1. The maximum Gasteiger partial charge on any atom is 0.330 e. The number of aliphatic hydroxyl groups excluding tert-OH is 1. The SMILES string of the molecule is C=CC(=O)N[C@@H](CO)C(=O)O.C=CC(=O)OC[C@H](N)C(=O)O. The normalized spacial score (nSPS) is 11.7. The standard InChI is InChI=1S/2C6H9NO4/c1-2-5(8)11-3-4(7)6(9)10;1-2-5(9)7-4(3-8)6(10)11/h2,4H,1,3,7H2,(H,9,10);2,4,8H,1,3H2,(H,7,9)(H,10,11)/t2*4-/m00/s1. The minimum atomic E-state index is -1.28. The van der Waals surface area contributed by atoms with E-state index >= 15 is 0 Å². The molecular formula is C12H18N2O8. The number of rotatable bonds is 8. The van der Waals surface area contributed by atoms with Crippen LogP contribution in [-0.2, 0) is 23.9 Å². The highest BCUT2D eigenvalue weighted by Crippen LogP contribution is 1.84. The second-order valence-corrected chi connectivity index (χ2v) is 3.57. The molecule has 0 radical (unpaired) electrons. The molecule has 0 aliphatic rings. The van der Waals surface area contributed by atoms with Crippen molar-refractivity contribution in [3.05, 3.63) is 25.3 Å². The number of nitrogens with one attached hydrogen (secondary N) is 1. The molecule has 2 atom stereocenters. The Kier molecular flexibility index (Phi) is 11.8. The maximum atomic E-state index is 10.5. The van der Waals surface area contributed by atoms with Crippen LogP contribution in [0.15, 0.2) is 25.3 Å². The fraction of sp³-hybridized carbons (Fsp3) is 0.333. The quantitative estimate of drug-likeness (QED) is 0.247. The molecule has 0 heterocycles. The summed E-state index contributed by atoms with van der Waals surface area (Å²) in [7, 11) is 0. The van der Waals surface area contributed by atoms with Gasteiger partial charge >= 0.3 is 17.9 Å². The van der Waals surface area contributed by atoms with Crippen molar-refractivity contribution in [2.24, 2.45) is 5.73 Å². The van der Waals surface area contributed by atoms with E-state index in [0.717, 1.165) is 12.2 Å². The summed E-state index contributed by atoms with van der Waals surface area (Å²) in [6.45, 7) is 5.28. The lowest BCUT2D eigenvalue weighted by Crippen LogP contribution is -2.42. The molecule has 0 aromatic heterocycles. The van der Waals surface area contributed by atoms with Crippen molar-refractivity contribution in [3.63, 3.8) is 0 Å². The fourth-order valence-corrected chi connectivity index (χ4v) is 0.718. The topological polar surface area (TPSA) is 176 Å². The first-order valence-electron chi connectivity index (χ1n) is 5.73. The van der Waals surface area contributed by atoms with Gasteiger partial charge in [-0.05, 0) is 6.08 Å². The number of esters is 1. The Bertz CT molecular complexity index is 435. The van der Waals surface area contributed by atoms with Gasteiger partial charge in [0.1, 0.15) is 12.6 Å². The zero-order valence-electron chi connectivity index (χ0n) is 11.6. The van der Waals surface area contributed by atoms with E-state index in [1.807, 2.05) is 5.32 Å². The van der Waals surface area contributed by atoms with Crippen LogP contribution in [0.3, 0.4) is 0 Å². The molecule has 0 saturated heterocycles. The fourth-order valence-electron chi connectivity index (χ4n) is 0.718. The Morgan fingerprint density at radius 3 is 2.00 bits per heavy atom. The predicted molar refractivity (Wildman–Crippen MR) is 73.6 cm³/mol. The molecule has 0 rings (SSSR count). The molecule has 0 spiro atoms. The third-order valence-electron chi connectivity index (χ3n) is 1.87. The highest BCUT2D eigenvalue weighted by Gasteiger charge is 2.16. The molecule has 0 aliphatic carbocycles. The van der Waals surface area contributed by atoms with Crippen LogP contribution in [0.25, 0.3) is 0 Å². The van der Waals surface area contributed by atoms with Gasteiger partial charge in [-0.25, -0.2) is 9.59 Å². The van der Waals surface area contributed by atoms with Crippen LogP contribution in [0.5, 0.6) is 0 Å². The highest BCUT2D eigenvalue weighted by atomic mass is 16.5. The summed E-state index contributed by atoms with van der Waals surface area (Å²) in [5, 5.41) is 27.0. The lowest BCUT2D eigenvalue weighted by molar-refractivity contribution is -0.144. The Balaban J connectivity index is 0. The molecule has 10 heteroatoms. The van der Waals surface area contributed by atoms with E-state index in [1.165, 1.54) is 0 Å². The van der Waals surface area contributed by atoms with Gasteiger partial charge in [-0.1, -0.05) is 13.2 Å². The van der Waals surface area contributed by atoms with Crippen LogP contribution in [-0.4, -0.2) is 64.4 Å². The largest absolute Gasteiger partial charge is 0.480 e. The van der Waals surface area contributed by atoms with Gasteiger partial charge in [0, 0.05) is 6.08 Å². The second-order valence-electron chi connectivity index (χ2n) is 3.57. The molecule has 124 valence electrons. The Labute approximate surface area is 125 Å². The minimum Gasteiger partial charge on any atom is -0.480 e. The lowest BCUT2D eigenvalue weighted by Gasteiger charge is -2.08. The van der Waals surface area contributed by atoms with E-state index in [4.69, 9.17) is 21.1 Å². The molecule has 0 saturated carbocycles. The van der Waals surface area contributed by atoms with Gasteiger partial charge in [-0.3, -0.25) is 9.59 Å². The average Bonchev–Trinajstić information content (AvgIpc) is 2.49. The van der Waals surface area contributed by atoms with E-state index in [2.05, 4.69) is 17.9 Å². The lowest BCUT2D eigenvalue weighted by atomic mass is 10.3. The van der Waals surface area contributed by atoms with Gasteiger partial charge in [0.15, 0.2) is 6.04 Å². The monoisotopic (exact) mass is 318 g/mol. The summed E-state index contributed by atoms with van der Waals surface area (Å²) in [6.07, 6.45) is 1.88. The Morgan fingerprint density at radius 1 is 1.14 bits per heavy atom. The third-order valence-corrected chi connectivity index (χ3v) is 1.87. The molecule has 0 fully saturated rings. The van der Waals surface area contributed by atoms with Gasteiger partial charge < -0.3 is 31.1 Å². The number of carbonyl (C=O) groups excluding carboxylic acids is 2. The summed E-state index contributed by atoms with van der Waals surface area (Å²) in [5.41, 5.74) is 5.01. The molecule has 0 aliphatic heterocycles. The van der Waals surface area contributed by atoms with Crippen molar-refractivity contribution in [2.45, 2.75) is 12.1 Å². The van der Waals surface area contributed by atoms with Crippen molar-refractivity contribution in [1.82, 2.24) is 5.32 Å². The summed E-state index contributed by atoms with van der Waals surface area (Å²) >= 11 is 0. The van der Waals surface area contributed by atoms with Gasteiger partial charge in [0.2, 0.25) is 5.91 Å².